The molecule has 7 nitrogen and oxygen atoms in total. The second kappa shape index (κ2) is 9.26. The molecule has 1 aromatic heterocycles. The molecule has 1 N–H and O–H groups in total. The molecule has 32 heavy (non-hydrogen) atoms. The minimum atomic E-state index is -3.93. The van der Waals surface area contributed by atoms with E-state index in [1.54, 1.807) is 45.0 Å². The highest BCUT2D eigenvalue weighted by atomic mass is 32.2. The molecule has 170 valence electrons. The van der Waals surface area contributed by atoms with Crippen molar-refractivity contribution in [2.45, 2.75) is 52.0 Å². The molecule has 0 aliphatic heterocycles. The minimum Gasteiger partial charge on any atom is -0.425 e. The lowest BCUT2D eigenvalue weighted by Gasteiger charge is -2.21. The van der Waals surface area contributed by atoms with Crippen molar-refractivity contribution in [3.05, 3.63) is 69.6 Å². The van der Waals surface area contributed by atoms with Crippen molar-refractivity contribution in [1.82, 2.24) is 4.72 Å². The van der Waals surface area contributed by atoms with E-state index < -0.39 is 27.7 Å². The predicted molar refractivity (Wildman–Crippen MR) is 122 cm³/mol. The fourth-order valence-corrected chi connectivity index (χ4v) is 4.73. The second-order valence-electron chi connectivity index (χ2n) is 8.09. The number of esters is 1. The molecule has 0 aliphatic carbocycles. The molecule has 1 atom stereocenters. The molecule has 2 aromatic carbocycles. The lowest BCUT2D eigenvalue weighted by Crippen LogP contribution is -2.46. The van der Waals surface area contributed by atoms with Gasteiger partial charge in [0.2, 0.25) is 10.0 Å². The molecular weight excluding hydrogens is 430 g/mol. The number of sulfonamides is 1. The van der Waals surface area contributed by atoms with Crippen LogP contribution in [0.4, 0.5) is 0 Å². The van der Waals surface area contributed by atoms with Gasteiger partial charge in [0, 0.05) is 17.0 Å². The molecule has 3 rings (SSSR count). The van der Waals surface area contributed by atoms with Crippen LogP contribution in [-0.2, 0) is 21.2 Å². The average molecular weight is 458 g/mol. The van der Waals surface area contributed by atoms with Crippen LogP contribution in [-0.4, -0.2) is 20.4 Å². The van der Waals surface area contributed by atoms with Crippen LogP contribution >= 0.6 is 0 Å². The Kier molecular flexibility index (Phi) is 6.85. The lowest BCUT2D eigenvalue weighted by molar-refractivity contribution is -0.137. The van der Waals surface area contributed by atoms with E-state index in [9.17, 15) is 18.0 Å². The van der Waals surface area contributed by atoms with Gasteiger partial charge in [-0.15, -0.1) is 0 Å². The zero-order valence-corrected chi connectivity index (χ0v) is 19.6. The summed E-state index contributed by atoms with van der Waals surface area (Å²) in [6.07, 6.45) is 0.650. The van der Waals surface area contributed by atoms with Crippen LogP contribution < -0.4 is 15.1 Å². The van der Waals surface area contributed by atoms with Gasteiger partial charge in [-0.1, -0.05) is 38.5 Å². The molecule has 0 fully saturated rings. The Labute approximate surface area is 187 Å². The van der Waals surface area contributed by atoms with Gasteiger partial charge in [-0.05, 0) is 56.0 Å². The number of carbonyl (C=O) groups is 1. The Morgan fingerprint density at radius 3 is 2.34 bits per heavy atom. The van der Waals surface area contributed by atoms with Gasteiger partial charge in [0.05, 0.1) is 4.90 Å². The first kappa shape index (κ1) is 23.7. The first-order valence-electron chi connectivity index (χ1n) is 10.4. The third kappa shape index (κ3) is 4.92. The maximum atomic E-state index is 13.0. The van der Waals surface area contributed by atoms with Crippen molar-refractivity contribution in [1.29, 1.82) is 0 Å². The maximum absolute atomic E-state index is 13.0. The number of benzene rings is 2. The number of rotatable bonds is 7. The van der Waals surface area contributed by atoms with E-state index in [0.29, 0.717) is 17.6 Å². The molecule has 0 aliphatic rings. The van der Waals surface area contributed by atoms with Crippen molar-refractivity contribution in [2.24, 2.45) is 5.92 Å². The third-order valence-electron chi connectivity index (χ3n) is 5.32. The second-order valence-corrected chi connectivity index (χ2v) is 9.80. The van der Waals surface area contributed by atoms with E-state index in [0.717, 1.165) is 16.5 Å². The fraction of sp³-hybridized carbons (Fsp3) is 0.333. The van der Waals surface area contributed by atoms with Gasteiger partial charge in [0.1, 0.15) is 17.4 Å². The normalized spacial score (nSPS) is 12.8. The number of ether oxygens (including phenoxy) is 1. The van der Waals surface area contributed by atoms with E-state index in [1.165, 1.54) is 18.2 Å². The molecule has 0 saturated heterocycles. The van der Waals surface area contributed by atoms with Crippen molar-refractivity contribution in [3.63, 3.8) is 0 Å². The fourth-order valence-electron chi connectivity index (χ4n) is 3.39. The van der Waals surface area contributed by atoms with E-state index in [2.05, 4.69) is 4.72 Å². The minimum absolute atomic E-state index is 0.0669. The zero-order valence-electron chi connectivity index (χ0n) is 18.8. The molecule has 1 heterocycles. The summed E-state index contributed by atoms with van der Waals surface area (Å²) in [5, 5.41) is 0.768. The summed E-state index contributed by atoms with van der Waals surface area (Å²) in [5.74, 6) is -0.903. The Hall–Kier alpha value is -2.97. The zero-order chi connectivity index (χ0) is 23.6. The predicted octanol–water partition coefficient (Wildman–Crippen LogP) is 3.88. The summed E-state index contributed by atoms with van der Waals surface area (Å²) in [6.45, 7) is 8.93. The monoisotopic (exact) mass is 457 g/mol. The third-order valence-corrected chi connectivity index (χ3v) is 6.78. The van der Waals surface area contributed by atoms with E-state index in [1.807, 2.05) is 13.8 Å². The van der Waals surface area contributed by atoms with Gasteiger partial charge < -0.3 is 9.15 Å². The van der Waals surface area contributed by atoms with Gasteiger partial charge in [-0.25, -0.2) is 18.0 Å². The van der Waals surface area contributed by atoms with Gasteiger partial charge >= 0.3 is 11.6 Å². The summed E-state index contributed by atoms with van der Waals surface area (Å²) in [7, 11) is -3.93. The quantitative estimate of drug-likeness (QED) is 0.328. The van der Waals surface area contributed by atoms with Crippen LogP contribution in [0.5, 0.6) is 5.75 Å². The molecule has 0 spiro atoms. The van der Waals surface area contributed by atoms with Crippen molar-refractivity contribution in [3.8, 4) is 5.75 Å². The Morgan fingerprint density at radius 1 is 1.09 bits per heavy atom. The highest BCUT2D eigenvalue weighted by molar-refractivity contribution is 7.89. The molecule has 0 bridgehead atoms. The average Bonchev–Trinajstić information content (AvgIpc) is 2.73. The van der Waals surface area contributed by atoms with Crippen LogP contribution in [0.3, 0.4) is 0 Å². The number of nitrogens with one attached hydrogen (secondary N) is 1. The summed E-state index contributed by atoms with van der Waals surface area (Å²) < 4.78 is 39.0. The first-order valence-corrected chi connectivity index (χ1v) is 11.9. The molecule has 0 saturated carbocycles. The summed E-state index contributed by atoms with van der Waals surface area (Å²) >= 11 is 0. The standard InChI is InChI=1S/C24H27NO6S/c1-6-17-13-21(26)31-23-16(5)20(12-11-19(17)23)30-24(27)22(14(2)3)25-32(28,29)18-9-7-15(4)8-10-18/h7-14,22,25H,6H2,1-5H3/t22-/m1/s1. The van der Waals surface area contributed by atoms with Crippen LogP contribution in [0, 0.1) is 19.8 Å². The Balaban J connectivity index is 1.91. The van der Waals surface area contributed by atoms with Crippen molar-refractivity contribution in [2.75, 3.05) is 0 Å². The van der Waals surface area contributed by atoms with Crippen LogP contribution in [0.2, 0.25) is 0 Å². The van der Waals surface area contributed by atoms with Crippen LogP contribution in [0.1, 0.15) is 37.5 Å². The SMILES string of the molecule is CCc1cc(=O)oc2c(C)c(OC(=O)[C@H](NS(=O)(=O)c3ccc(C)cc3)C(C)C)ccc12. The molecule has 3 aromatic rings. The van der Waals surface area contributed by atoms with Crippen molar-refractivity contribution < 1.29 is 22.4 Å². The maximum Gasteiger partial charge on any atom is 0.336 e. The van der Waals surface area contributed by atoms with Crippen LogP contribution in [0.25, 0.3) is 11.0 Å². The smallest absolute Gasteiger partial charge is 0.336 e. The lowest BCUT2D eigenvalue weighted by atomic mass is 10.0. The van der Waals surface area contributed by atoms with Gasteiger partial charge in [-0.3, -0.25) is 0 Å². The number of aryl methyl sites for hydroxylation is 3. The molecule has 8 heteroatoms. The van der Waals surface area contributed by atoms with Crippen LogP contribution in [0.15, 0.2) is 56.6 Å². The van der Waals surface area contributed by atoms with Gasteiger partial charge in [0.25, 0.3) is 0 Å². The van der Waals surface area contributed by atoms with Gasteiger partial charge in [0.15, 0.2) is 0 Å². The summed E-state index contributed by atoms with van der Waals surface area (Å²) in [5.41, 5.74) is 2.12. The molecular formula is C24H27NO6S. The molecule has 0 unspecified atom stereocenters. The first-order chi connectivity index (χ1) is 15.0. The van der Waals surface area contributed by atoms with E-state index in [4.69, 9.17) is 9.15 Å². The number of hydrogen-bond acceptors (Lipinski definition) is 6. The summed E-state index contributed by atoms with van der Waals surface area (Å²) in [4.78, 5) is 24.9. The summed E-state index contributed by atoms with van der Waals surface area (Å²) in [6, 6.07) is 10.0. The van der Waals surface area contributed by atoms with Gasteiger partial charge in [-0.2, -0.15) is 4.72 Å². The molecule has 0 amide bonds. The number of carbonyl (C=O) groups excluding carboxylic acids is 1. The Bertz CT molecular complexity index is 1310. The van der Waals surface area contributed by atoms with E-state index in [-0.39, 0.29) is 16.6 Å². The van der Waals surface area contributed by atoms with E-state index >= 15 is 0 Å². The highest BCUT2D eigenvalue weighted by Crippen LogP contribution is 2.29. The number of hydrogen-bond donors (Lipinski definition) is 1. The topological polar surface area (TPSA) is 103 Å². The number of fused-ring (bicyclic) bond motifs is 1. The largest absolute Gasteiger partial charge is 0.425 e. The Morgan fingerprint density at radius 2 is 1.75 bits per heavy atom. The highest BCUT2D eigenvalue weighted by Gasteiger charge is 2.30. The molecule has 0 radical (unpaired) electrons. The van der Waals surface area contributed by atoms with Crippen molar-refractivity contribution >= 4 is 27.0 Å².